The standard InChI is InChI=1S/C12H17NO4/c1-2-3-7-16-8-9-17-10-5-4-6-13-11(10)12(14)15/h4-6H,2-3,7-9H2,1H3,(H,14,15). The molecule has 0 aliphatic carbocycles. The van der Waals surface area contributed by atoms with Gasteiger partial charge >= 0.3 is 5.97 Å². The molecule has 0 saturated heterocycles. The number of nitrogens with zero attached hydrogens (tertiary/aromatic N) is 1. The molecule has 0 unspecified atom stereocenters. The van der Waals surface area contributed by atoms with E-state index in [0.717, 1.165) is 12.8 Å². The number of ether oxygens (including phenoxy) is 2. The van der Waals surface area contributed by atoms with Crippen LogP contribution in [0.5, 0.6) is 5.75 Å². The van der Waals surface area contributed by atoms with Crippen molar-refractivity contribution in [2.45, 2.75) is 19.8 Å². The number of unbranched alkanes of at least 4 members (excludes halogenated alkanes) is 1. The fraction of sp³-hybridized carbons (Fsp3) is 0.500. The van der Waals surface area contributed by atoms with Gasteiger partial charge in [0.2, 0.25) is 0 Å². The van der Waals surface area contributed by atoms with Crippen molar-refractivity contribution < 1.29 is 19.4 Å². The molecule has 0 saturated carbocycles. The third-order valence-corrected chi connectivity index (χ3v) is 2.10. The zero-order valence-corrected chi connectivity index (χ0v) is 9.89. The molecule has 0 fully saturated rings. The van der Waals surface area contributed by atoms with Crippen molar-refractivity contribution in [1.82, 2.24) is 4.98 Å². The van der Waals surface area contributed by atoms with Crippen molar-refractivity contribution >= 4 is 5.97 Å². The third-order valence-electron chi connectivity index (χ3n) is 2.10. The summed E-state index contributed by atoms with van der Waals surface area (Å²) in [5.74, 6) is -0.813. The zero-order valence-electron chi connectivity index (χ0n) is 9.89. The summed E-state index contributed by atoms with van der Waals surface area (Å²) in [4.78, 5) is 14.6. The molecule has 0 aromatic carbocycles. The van der Waals surface area contributed by atoms with Gasteiger partial charge in [-0.25, -0.2) is 9.78 Å². The van der Waals surface area contributed by atoms with Gasteiger partial charge in [0.15, 0.2) is 11.4 Å². The van der Waals surface area contributed by atoms with Crippen LogP contribution in [0.15, 0.2) is 18.3 Å². The number of carboxylic acids is 1. The Labute approximate surface area is 100 Å². The van der Waals surface area contributed by atoms with Crippen molar-refractivity contribution in [2.24, 2.45) is 0 Å². The Hall–Kier alpha value is -1.62. The van der Waals surface area contributed by atoms with E-state index in [1.165, 1.54) is 6.20 Å². The Morgan fingerprint density at radius 1 is 1.41 bits per heavy atom. The highest BCUT2D eigenvalue weighted by atomic mass is 16.5. The normalized spacial score (nSPS) is 10.2. The predicted octanol–water partition coefficient (Wildman–Crippen LogP) is 1.98. The molecule has 0 atom stereocenters. The maximum atomic E-state index is 10.8. The number of carbonyl (C=O) groups is 1. The average Bonchev–Trinajstić information content (AvgIpc) is 2.34. The van der Waals surface area contributed by atoms with Crippen LogP contribution in [0.2, 0.25) is 0 Å². The number of rotatable bonds is 8. The highest BCUT2D eigenvalue weighted by Gasteiger charge is 2.11. The zero-order chi connectivity index (χ0) is 12.5. The van der Waals surface area contributed by atoms with Gasteiger partial charge in [-0.3, -0.25) is 0 Å². The first kappa shape index (κ1) is 13.4. The maximum absolute atomic E-state index is 10.8. The fourth-order valence-electron chi connectivity index (χ4n) is 1.23. The van der Waals surface area contributed by atoms with Gasteiger partial charge in [-0.1, -0.05) is 13.3 Å². The summed E-state index contributed by atoms with van der Waals surface area (Å²) in [6.07, 6.45) is 3.54. The number of hydrogen-bond donors (Lipinski definition) is 1. The second-order valence-corrected chi connectivity index (χ2v) is 3.47. The number of aromatic carboxylic acids is 1. The van der Waals surface area contributed by atoms with E-state index in [9.17, 15) is 4.79 Å². The van der Waals surface area contributed by atoms with Crippen LogP contribution in [0, 0.1) is 0 Å². The summed E-state index contributed by atoms with van der Waals surface area (Å²) in [6, 6.07) is 3.22. The minimum atomic E-state index is -1.09. The fourth-order valence-corrected chi connectivity index (χ4v) is 1.23. The number of hydrogen-bond acceptors (Lipinski definition) is 4. The summed E-state index contributed by atoms with van der Waals surface area (Å²) >= 11 is 0. The van der Waals surface area contributed by atoms with Gasteiger partial charge in [-0.15, -0.1) is 0 Å². The second kappa shape index (κ2) is 7.62. The average molecular weight is 239 g/mol. The van der Waals surface area contributed by atoms with Crippen LogP contribution >= 0.6 is 0 Å². The minimum absolute atomic E-state index is 0.0685. The van der Waals surface area contributed by atoms with Gasteiger partial charge in [0.1, 0.15) is 6.61 Å². The summed E-state index contributed by atoms with van der Waals surface area (Å²) in [5.41, 5.74) is -0.0685. The SMILES string of the molecule is CCCCOCCOc1cccnc1C(=O)O. The Bertz CT molecular complexity index is 354. The first-order valence-corrected chi connectivity index (χ1v) is 5.64. The third kappa shape index (κ3) is 4.82. The van der Waals surface area contributed by atoms with Crippen LogP contribution in [-0.2, 0) is 4.74 Å². The molecule has 17 heavy (non-hydrogen) atoms. The Balaban J connectivity index is 2.34. The highest BCUT2D eigenvalue weighted by Crippen LogP contribution is 2.14. The molecule has 1 aromatic heterocycles. The molecule has 1 N–H and O–H groups in total. The van der Waals surface area contributed by atoms with Gasteiger partial charge < -0.3 is 14.6 Å². The molecule has 0 radical (unpaired) electrons. The van der Waals surface area contributed by atoms with Crippen LogP contribution in [-0.4, -0.2) is 35.9 Å². The molecule has 0 aliphatic rings. The molecule has 5 heteroatoms. The van der Waals surface area contributed by atoms with Crippen LogP contribution in [0.25, 0.3) is 0 Å². The largest absolute Gasteiger partial charge is 0.489 e. The highest BCUT2D eigenvalue weighted by molar-refractivity contribution is 5.88. The Morgan fingerprint density at radius 3 is 2.94 bits per heavy atom. The predicted molar refractivity (Wildman–Crippen MR) is 62.4 cm³/mol. The van der Waals surface area contributed by atoms with E-state index >= 15 is 0 Å². The summed E-state index contributed by atoms with van der Waals surface area (Å²) in [7, 11) is 0. The molecule has 0 spiro atoms. The van der Waals surface area contributed by atoms with Crippen LogP contribution in [0.4, 0.5) is 0 Å². The quantitative estimate of drug-likeness (QED) is 0.702. The van der Waals surface area contributed by atoms with E-state index in [-0.39, 0.29) is 11.4 Å². The smallest absolute Gasteiger partial charge is 0.358 e. The van der Waals surface area contributed by atoms with Crippen LogP contribution in [0.3, 0.4) is 0 Å². The molecular formula is C12H17NO4. The van der Waals surface area contributed by atoms with Gasteiger partial charge in [0.25, 0.3) is 0 Å². The molecule has 94 valence electrons. The van der Waals surface area contributed by atoms with Crippen molar-refractivity contribution in [3.63, 3.8) is 0 Å². The van der Waals surface area contributed by atoms with E-state index in [1.54, 1.807) is 12.1 Å². The van der Waals surface area contributed by atoms with Crippen LogP contribution in [0.1, 0.15) is 30.3 Å². The van der Waals surface area contributed by atoms with Crippen LogP contribution < -0.4 is 4.74 Å². The topological polar surface area (TPSA) is 68.7 Å². The first-order valence-electron chi connectivity index (χ1n) is 5.64. The molecule has 1 aromatic rings. The van der Waals surface area contributed by atoms with Gasteiger partial charge in [-0.2, -0.15) is 0 Å². The summed E-state index contributed by atoms with van der Waals surface area (Å²) < 4.78 is 10.6. The van der Waals surface area contributed by atoms with Crippen molar-refractivity contribution in [3.8, 4) is 5.75 Å². The van der Waals surface area contributed by atoms with Gasteiger partial charge in [0, 0.05) is 12.8 Å². The van der Waals surface area contributed by atoms with Gasteiger partial charge in [-0.05, 0) is 18.6 Å². The lowest BCUT2D eigenvalue weighted by Crippen LogP contribution is -2.11. The van der Waals surface area contributed by atoms with E-state index in [0.29, 0.717) is 19.8 Å². The van der Waals surface area contributed by atoms with E-state index < -0.39 is 5.97 Å². The monoisotopic (exact) mass is 239 g/mol. The number of carboxylic acid groups (broad SMARTS) is 1. The Kier molecular flexibility index (Phi) is 6.03. The lowest BCUT2D eigenvalue weighted by molar-refractivity contribution is 0.0677. The molecule has 5 nitrogen and oxygen atoms in total. The van der Waals surface area contributed by atoms with Crippen molar-refractivity contribution in [3.05, 3.63) is 24.0 Å². The lowest BCUT2D eigenvalue weighted by atomic mass is 10.3. The summed E-state index contributed by atoms with van der Waals surface area (Å²) in [5, 5.41) is 8.86. The lowest BCUT2D eigenvalue weighted by Gasteiger charge is -2.08. The molecule has 0 amide bonds. The van der Waals surface area contributed by atoms with Gasteiger partial charge in [0.05, 0.1) is 6.61 Å². The molecular weight excluding hydrogens is 222 g/mol. The van der Waals surface area contributed by atoms with Crippen molar-refractivity contribution in [1.29, 1.82) is 0 Å². The Morgan fingerprint density at radius 2 is 2.24 bits per heavy atom. The molecule has 1 heterocycles. The van der Waals surface area contributed by atoms with E-state index in [4.69, 9.17) is 14.6 Å². The molecule has 1 rings (SSSR count). The number of pyridine rings is 1. The van der Waals surface area contributed by atoms with E-state index in [1.807, 2.05) is 0 Å². The molecule has 0 aliphatic heterocycles. The minimum Gasteiger partial charge on any atom is -0.489 e. The summed E-state index contributed by atoms with van der Waals surface area (Å²) in [6.45, 7) is 3.58. The number of aromatic nitrogens is 1. The first-order chi connectivity index (χ1) is 8.25. The maximum Gasteiger partial charge on any atom is 0.358 e. The van der Waals surface area contributed by atoms with Crippen molar-refractivity contribution in [2.75, 3.05) is 19.8 Å². The van der Waals surface area contributed by atoms with E-state index in [2.05, 4.69) is 11.9 Å². The molecule has 0 bridgehead atoms. The second-order valence-electron chi connectivity index (χ2n) is 3.47.